The average molecular weight is 197 g/mol. The van der Waals surface area contributed by atoms with Gasteiger partial charge in [-0.05, 0) is 19.7 Å². The van der Waals surface area contributed by atoms with Crippen molar-refractivity contribution in [3.63, 3.8) is 0 Å². The van der Waals surface area contributed by atoms with Gasteiger partial charge in [-0.3, -0.25) is 15.1 Å². The normalized spacial score (nSPS) is 10.6. The molecule has 5 heteroatoms. The van der Waals surface area contributed by atoms with E-state index in [1.807, 2.05) is 18.9 Å². The van der Waals surface area contributed by atoms with Crippen LogP contribution >= 0.6 is 0 Å². The zero-order valence-electron chi connectivity index (χ0n) is 8.41. The Morgan fingerprint density at radius 3 is 3.00 bits per heavy atom. The van der Waals surface area contributed by atoms with Crippen molar-refractivity contribution in [1.82, 2.24) is 10.3 Å². The van der Waals surface area contributed by atoms with Crippen molar-refractivity contribution in [3.8, 4) is 0 Å². The highest BCUT2D eigenvalue weighted by Gasteiger charge is 2.14. The van der Waals surface area contributed by atoms with Crippen molar-refractivity contribution in [1.29, 1.82) is 0 Å². The molecule has 0 saturated heterocycles. The minimum Gasteiger partial charge on any atom is -0.467 e. The minimum atomic E-state index is -0.321. The van der Waals surface area contributed by atoms with Gasteiger partial charge in [0.15, 0.2) is 0 Å². The first kappa shape index (κ1) is 10.7. The summed E-state index contributed by atoms with van der Waals surface area (Å²) in [7, 11) is 1.95. The van der Waals surface area contributed by atoms with Crippen LogP contribution in [-0.2, 0) is 6.54 Å². The van der Waals surface area contributed by atoms with E-state index in [1.165, 1.54) is 6.26 Å². The number of hydrazine groups is 1. The molecular formula is C9H15N3O2. The Morgan fingerprint density at radius 1 is 1.71 bits per heavy atom. The molecule has 1 aromatic rings. The lowest BCUT2D eigenvalue weighted by Gasteiger charge is -2.12. The monoisotopic (exact) mass is 197 g/mol. The van der Waals surface area contributed by atoms with Gasteiger partial charge in [-0.1, -0.05) is 6.92 Å². The standard InChI is InChI=1S/C9H15N3O2/c1-3-12(2)6-8-7(4-5-14-8)9(13)11-10/h4-5H,3,6,10H2,1-2H3,(H,11,13). The summed E-state index contributed by atoms with van der Waals surface area (Å²) in [5, 5.41) is 0. The zero-order valence-corrected chi connectivity index (χ0v) is 8.41. The van der Waals surface area contributed by atoms with E-state index in [2.05, 4.69) is 5.43 Å². The first-order valence-electron chi connectivity index (χ1n) is 4.44. The van der Waals surface area contributed by atoms with Gasteiger partial charge in [0.25, 0.3) is 5.91 Å². The van der Waals surface area contributed by atoms with E-state index < -0.39 is 0 Å². The molecule has 0 bridgehead atoms. The van der Waals surface area contributed by atoms with Gasteiger partial charge < -0.3 is 4.42 Å². The third kappa shape index (κ3) is 2.34. The quantitative estimate of drug-likeness (QED) is 0.414. The van der Waals surface area contributed by atoms with Crippen LogP contribution in [0.1, 0.15) is 23.0 Å². The van der Waals surface area contributed by atoms with E-state index in [9.17, 15) is 4.79 Å². The number of carbonyl (C=O) groups is 1. The van der Waals surface area contributed by atoms with Gasteiger partial charge in [0.1, 0.15) is 5.76 Å². The Balaban J connectivity index is 2.77. The van der Waals surface area contributed by atoms with Crippen molar-refractivity contribution in [3.05, 3.63) is 23.7 Å². The third-order valence-corrected chi connectivity index (χ3v) is 2.07. The van der Waals surface area contributed by atoms with Crippen LogP contribution in [0.5, 0.6) is 0 Å². The summed E-state index contributed by atoms with van der Waals surface area (Å²) >= 11 is 0. The maximum Gasteiger partial charge on any atom is 0.268 e. The maximum absolute atomic E-state index is 11.3. The SMILES string of the molecule is CCN(C)Cc1occc1C(=O)NN. The highest BCUT2D eigenvalue weighted by molar-refractivity contribution is 5.94. The van der Waals surface area contributed by atoms with Crippen molar-refractivity contribution in [2.24, 2.45) is 5.84 Å². The first-order chi connectivity index (χ1) is 6.69. The number of hydrogen-bond donors (Lipinski definition) is 2. The fourth-order valence-corrected chi connectivity index (χ4v) is 1.10. The molecule has 0 radical (unpaired) electrons. The summed E-state index contributed by atoms with van der Waals surface area (Å²) in [6.07, 6.45) is 1.49. The molecular weight excluding hydrogens is 182 g/mol. The topological polar surface area (TPSA) is 71.5 Å². The van der Waals surface area contributed by atoms with Crippen LogP contribution in [0.2, 0.25) is 0 Å². The second kappa shape index (κ2) is 4.78. The molecule has 14 heavy (non-hydrogen) atoms. The van der Waals surface area contributed by atoms with Gasteiger partial charge in [0.2, 0.25) is 0 Å². The molecule has 3 N–H and O–H groups in total. The van der Waals surface area contributed by atoms with Crippen LogP contribution in [0.15, 0.2) is 16.7 Å². The van der Waals surface area contributed by atoms with E-state index in [0.717, 1.165) is 6.54 Å². The molecule has 0 aromatic carbocycles. The fraction of sp³-hybridized carbons (Fsp3) is 0.444. The second-order valence-electron chi connectivity index (χ2n) is 3.06. The van der Waals surface area contributed by atoms with Gasteiger partial charge in [-0.25, -0.2) is 5.84 Å². The molecule has 5 nitrogen and oxygen atoms in total. The molecule has 0 aliphatic heterocycles. The number of hydrogen-bond acceptors (Lipinski definition) is 4. The zero-order chi connectivity index (χ0) is 10.6. The molecule has 1 aromatic heterocycles. The van der Waals surface area contributed by atoms with Crippen molar-refractivity contribution >= 4 is 5.91 Å². The number of nitrogens with zero attached hydrogens (tertiary/aromatic N) is 1. The van der Waals surface area contributed by atoms with E-state index >= 15 is 0 Å². The van der Waals surface area contributed by atoms with Crippen LogP contribution in [-0.4, -0.2) is 24.4 Å². The minimum absolute atomic E-state index is 0.321. The van der Waals surface area contributed by atoms with Crippen LogP contribution < -0.4 is 11.3 Å². The number of nitrogens with two attached hydrogens (primary N) is 1. The summed E-state index contributed by atoms with van der Waals surface area (Å²) < 4.78 is 5.20. The molecule has 78 valence electrons. The molecule has 0 atom stereocenters. The van der Waals surface area contributed by atoms with Gasteiger partial charge >= 0.3 is 0 Å². The smallest absolute Gasteiger partial charge is 0.268 e. The largest absolute Gasteiger partial charge is 0.467 e. The molecule has 0 saturated carbocycles. The summed E-state index contributed by atoms with van der Waals surface area (Å²) in [4.78, 5) is 13.3. The van der Waals surface area contributed by atoms with Gasteiger partial charge in [0.05, 0.1) is 18.4 Å². The van der Waals surface area contributed by atoms with Gasteiger partial charge in [-0.15, -0.1) is 0 Å². The number of amides is 1. The third-order valence-electron chi connectivity index (χ3n) is 2.07. The predicted octanol–water partition coefficient (Wildman–Crippen LogP) is 0.335. The molecule has 0 spiro atoms. The first-order valence-corrected chi connectivity index (χ1v) is 4.44. The molecule has 1 amide bonds. The summed E-state index contributed by atoms with van der Waals surface area (Å²) in [6.45, 7) is 3.53. The Hall–Kier alpha value is -1.33. The second-order valence-corrected chi connectivity index (χ2v) is 3.06. The van der Waals surface area contributed by atoms with Crippen molar-refractivity contribution in [2.75, 3.05) is 13.6 Å². The van der Waals surface area contributed by atoms with Crippen LogP contribution in [0.25, 0.3) is 0 Å². The van der Waals surface area contributed by atoms with Crippen LogP contribution in [0.3, 0.4) is 0 Å². The van der Waals surface area contributed by atoms with E-state index in [4.69, 9.17) is 10.3 Å². The lowest BCUT2D eigenvalue weighted by Crippen LogP contribution is -2.31. The highest BCUT2D eigenvalue weighted by atomic mass is 16.3. The molecule has 0 aliphatic rings. The van der Waals surface area contributed by atoms with Crippen molar-refractivity contribution in [2.45, 2.75) is 13.5 Å². The van der Waals surface area contributed by atoms with Gasteiger partial charge in [0, 0.05) is 0 Å². The summed E-state index contributed by atoms with van der Waals surface area (Å²) in [5.41, 5.74) is 2.57. The average Bonchev–Trinajstić information content (AvgIpc) is 2.64. The Morgan fingerprint density at radius 2 is 2.43 bits per heavy atom. The van der Waals surface area contributed by atoms with E-state index in [0.29, 0.717) is 17.9 Å². The number of nitrogen functional groups attached to an aromatic ring is 1. The molecule has 0 unspecified atom stereocenters. The highest BCUT2D eigenvalue weighted by Crippen LogP contribution is 2.12. The number of rotatable bonds is 4. The lowest BCUT2D eigenvalue weighted by atomic mass is 10.2. The number of carbonyl (C=O) groups excluding carboxylic acids is 1. The van der Waals surface area contributed by atoms with Gasteiger partial charge in [-0.2, -0.15) is 0 Å². The predicted molar refractivity (Wildman–Crippen MR) is 52.4 cm³/mol. The fourth-order valence-electron chi connectivity index (χ4n) is 1.10. The van der Waals surface area contributed by atoms with Crippen LogP contribution in [0, 0.1) is 0 Å². The molecule has 0 fully saturated rings. The maximum atomic E-state index is 11.3. The molecule has 1 heterocycles. The Labute approximate surface area is 82.8 Å². The Kier molecular flexibility index (Phi) is 3.67. The Bertz CT molecular complexity index is 309. The van der Waals surface area contributed by atoms with Crippen LogP contribution in [0.4, 0.5) is 0 Å². The number of furan rings is 1. The lowest BCUT2D eigenvalue weighted by molar-refractivity contribution is 0.0950. The van der Waals surface area contributed by atoms with Crippen molar-refractivity contribution < 1.29 is 9.21 Å². The summed E-state index contributed by atoms with van der Waals surface area (Å²) in [5.74, 6) is 5.36. The molecule has 1 rings (SSSR count). The number of nitrogens with one attached hydrogen (secondary N) is 1. The summed E-state index contributed by atoms with van der Waals surface area (Å²) in [6, 6.07) is 1.61. The molecule has 0 aliphatic carbocycles. The van der Waals surface area contributed by atoms with E-state index in [1.54, 1.807) is 6.07 Å². The van der Waals surface area contributed by atoms with E-state index in [-0.39, 0.29) is 5.91 Å².